The van der Waals surface area contributed by atoms with E-state index in [1.807, 2.05) is 0 Å². The molecule has 0 saturated carbocycles. The molecule has 0 heterocycles. The van der Waals surface area contributed by atoms with Gasteiger partial charge in [-0.2, -0.15) is 0 Å². The van der Waals surface area contributed by atoms with Crippen LogP contribution in [0.5, 0.6) is 0 Å². The molecule has 1 amide bonds. The first-order valence-electron chi connectivity index (χ1n) is 5.45. The number of carbonyl (C=O) groups excluding carboxylic acids is 1. The van der Waals surface area contributed by atoms with E-state index in [0.717, 1.165) is 38.6 Å². The lowest BCUT2D eigenvalue weighted by atomic mass is 10.1. The second kappa shape index (κ2) is 8.97. The molecule has 0 aromatic heterocycles. The summed E-state index contributed by atoms with van der Waals surface area (Å²) in [5.41, 5.74) is 11.0. The number of rotatable bonds is 8. The van der Waals surface area contributed by atoms with E-state index < -0.39 is 0 Å². The minimum absolute atomic E-state index is 0.0320. The zero-order valence-electron chi connectivity index (χ0n) is 9.09. The van der Waals surface area contributed by atoms with Crippen molar-refractivity contribution in [1.29, 1.82) is 0 Å². The van der Waals surface area contributed by atoms with Crippen molar-refractivity contribution >= 4 is 5.91 Å². The Morgan fingerprint density at radius 1 is 1.36 bits per heavy atom. The van der Waals surface area contributed by atoms with Crippen LogP contribution < -0.4 is 16.8 Å². The predicted octanol–water partition coefficient (Wildman–Crippen LogP) is 0.359. The maximum atomic E-state index is 11.3. The lowest BCUT2D eigenvalue weighted by Gasteiger charge is -2.11. The fourth-order valence-corrected chi connectivity index (χ4v) is 1.16. The Bertz CT molecular complexity index is 150. The summed E-state index contributed by atoms with van der Waals surface area (Å²) >= 11 is 0. The lowest BCUT2D eigenvalue weighted by Crippen LogP contribution is -2.40. The molecule has 14 heavy (non-hydrogen) atoms. The molecule has 0 aromatic carbocycles. The largest absolute Gasteiger partial charge is 0.355 e. The summed E-state index contributed by atoms with van der Waals surface area (Å²) in [6, 6.07) is -0.363. The van der Waals surface area contributed by atoms with Crippen molar-refractivity contribution in [3.63, 3.8) is 0 Å². The van der Waals surface area contributed by atoms with Crippen molar-refractivity contribution in [2.75, 3.05) is 13.1 Å². The highest BCUT2D eigenvalue weighted by atomic mass is 16.2. The number of hydrogen-bond acceptors (Lipinski definition) is 3. The fraction of sp³-hybridized carbons (Fsp3) is 0.900. The van der Waals surface area contributed by atoms with Crippen LogP contribution in [0.15, 0.2) is 0 Å². The van der Waals surface area contributed by atoms with Crippen LogP contribution in [0.25, 0.3) is 0 Å². The molecule has 0 fully saturated rings. The third kappa shape index (κ3) is 6.86. The average Bonchev–Trinajstić information content (AvgIpc) is 2.18. The molecule has 0 spiro atoms. The summed E-state index contributed by atoms with van der Waals surface area (Å²) in [7, 11) is 0. The van der Waals surface area contributed by atoms with E-state index in [4.69, 9.17) is 11.5 Å². The Morgan fingerprint density at radius 3 is 2.64 bits per heavy atom. The number of nitrogens with one attached hydrogen (secondary N) is 1. The van der Waals surface area contributed by atoms with Gasteiger partial charge in [0.25, 0.3) is 0 Å². The van der Waals surface area contributed by atoms with Crippen LogP contribution in [-0.2, 0) is 4.79 Å². The third-order valence-electron chi connectivity index (χ3n) is 2.14. The monoisotopic (exact) mass is 201 g/mol. The summed E-state index contributed by atoms with van der Waals surface area (Å²) in [5, 5.41) is 2.82. The zero-order chi connectivity index (χ0) is 10.8. The molecule has 1 atom stereocenters. The van der Waals surface area contributed by atoms with E-state index in [1.165, 1.54) is 0 Å². The minimum Gasteiger partial charge on any atom is -0.355 e. The van der Waals surface area contributed by atoms with Crippen LogP contribution in [0.4, 0.5) is 0 Å². The van der Waals surface area contributed by atoms with Crippen LogP contribution in [0, 0.1) is 0 Å². The van der Waals surface area contributed by atoms with Gasteiger partial charge in [-0.05, 0) is 25.8 Å². The van der Waals surface area contributed by atoms with Gasteiger partial charge >= 0.3 is 0 Å². The fourth-order valence-electron chi connectivity index (χ4n) is 1.16. The molecule has 0 aliphatic rings. The molecule has 84 valence electrons. The Hall–Kier alpha value is -0.610. The van der Waals surface area contributed by atoms with E-state index in [1.54, 1.807) is 0 Å². The van der Waals surface area contributed by atoms with Crippen LogP contribution in [-0.4, -0.2) is 25.0 Å². The van der Waals surface area contributed by atoms with Crippen molar-refractivity contribution < 1.29 is 4.79 Å². The zero-order valence-corrected chi connectivity index (χ0v) is 9.09. The van der Waals surface area contributed by atoms with Crippen LogP contribution in [0.1, 0.15) is 39.0 Å². The molecule has 4 nitrogen and oxygen atoms in total. The van der Waals surface area contributed by atoms with Crippen molar-refractivity contribution in [1.82, 2.24) is 5.32 Å². The number of unbranched alkanes of at least 4 members (excludes halogenated alkanes) is 2. The highest BCUT2D eigenvalue weighted by molar-refractivity contribution is 5.81. The highest BCUT2D eigenvalue weighted by Crippen LogP contribution is 1.97. The number of hydrogen-bond donors (Lipinski definition) is 3. The van der Waals surface area contributed by atoms with Gasteiger partial charge in [-0.1, -0.05) is 19.8 Å². The molecule has 0 radical (unpaired) electrons. The summed E-state index contributed by atoms with van der Waals surface area (Å²) in [6.07, 6.45) is 4.70. The SMILES string of the molecule is CCCCNC(=O)[C@H](N)CCCCN. The van der Waals surface area contributed by atoms with E-state index in [9.17, 15) is 4.79 Å². The molecular formula is C10H23N3O. The second-order valence-corrected chi connectivity index (χ2v) is 3.54. The van der Waals surface area contributed by atoms with E-state index in [0.29, 0.717) is 6.54 Å². The molecule has 0 rings (SSSR count). The lowest BCUT2D eigenvalue weighted by molar-refractivity contribution is -0.122. The molecule has 0 aromatic rings. The molecule has 0 saturated heterocycles. The Morgan fingerprint density at radius 2 is 2.07 bits per heavy atom. The van der Waals surface area contributed by atoms with Gasteiger partial charge in [0.1, 0.15) is 0 Å². The summed E-state index contributed by atoms with van der Waals surface area (Å²) < 4.78 is 0. The van der Waals surface area contributed by atoms with Crippen LogP contribution in [0.2, 0.25) is 0 Å². The third-order valence-corrected chi connectivity index (χ3v) is 2.14. The van der Waals surface area contributed by atoms with Gasteiger partial charge < -0.3 is 16.8 Å². The average molecular weight is 201 g/mol. The van der Waals surface area contributed by atoms with Gasteiger partial charge in [0.05, 0.1) is 6.04 Å². The van der Waals surface area contributed by atoms with Gasteiger partial charge in [0.15, 0.2) is 0 Å². The van der Waals surface area contributed by atoms with Crippen LogP contribution in [0.3, 0.4) is 0 Å². The second-order valence-electron chi connectivity index (χ2n) is 3.54. The van der Waals surface area contributed by atoms with Crippen LogP contribution >= 0.6 is 0 Å². The first-order chi connectivity index (χ1) is 6.72. The normalized spacial score (nSPS) is 12.5. The number of amides is 1. The van der Waals surface area contributed by atoms with Crippen molar-refractivity contribution in [3.8, 4) is 0 Å². The molecule has 0 bridgehead atoms. The first kappa shape index (κ1) is 13.4. The van der Waals surface area contributed by atoms with E-state index in [2.05, 4.69) is 12.2 Å². The van der Waals surface area contributed by atoms with Gasteiger partial charge in [-0.3, -0.25) is 4.79 Å². The minimum atomic E-state index is -0.363. The Balaban J connectivity index is 3.44. The van der Waals surface area contributed by atoms with Gasteiger partial charge in [-0.15, -0.1) is 0 Å². The maximum Gasteiger partial charge on any atom is 0.236 e. The van der Waals surface area contributed by atoms with Crippen molar-refractivity contribution in [3.05, 3.63) is 0 Å². The number of carbonyl (C=O) groups is 1. The summed E-state index contributed by atoms with van der Waals surface area (Å²) in [5.74, 6) is -0.0320. The molecule has 4 heteroatoms. The Kier molecular flexibility index (Phi) is 8.57. The first-order valence-corrected chi connectivity index (χ1v) is 5.45. The van der Waals surface area contributed by atoms with E-state index >= 15 is 0 Å². The predicted molar refractivity (Wildman–Crippen MR) is 58.8 cm³/mol. The van der Waals surface area contributed by atoms with Gasteiger partial charge in [-0.25, -0.2) is 0 Å². The standard InChI is InChI=1S/C10H23N3O/c1-2-3-8-13-10(14)9(12)6-4-5-7-11/h9H,2-8,11-12H2,1H3,(H,13,14)/t9-/m1/s1. The summed E-state index contributed by atoms with van der Waals surface area (Å²) in [4.78, 5) is 11.3. The Labute approximate surface area is 86.4 Å². The highest BCUT2D eigenvalue weighted by Gasteiger charge is 2.11. The van der Waals surface area contributed by atoms with E-state index in [-0.39, 0.29) is 11.9 Å². The molecule has 0 aliphatic heterocycles. The quantitative estimate of drug-likeness (QED) is 0.496. The summed E-state index contributed by atoms with van der Waals surface area (Å²) in [6.45, 7) is 3.50. The maximum absolute atomic E-state index is 11.3. The van der Waals surface area contributed by atoms with Crippen molar-refractivity contribution in [2.24, 2.45) is 11.5 Å². The van der Waals surface area contributed by atoms with Gasteiger partial charge in [0.2, 0.25) is 5.91 Å². The molecule has 5 N–H and O–H groups in total. The molecule has 0 unspecified atom stereocenters. The molecular weight excluding hydrogens is 178 g/mol. The topological polar surface area (TPSA) is 81.1 Å². The van der Waals surface area contributed by atoms with Gasteiger partial charge in [0, 0.05) is 6.54 Å². The van der Waals surface area contributed by atoms with Crippen molar-refractivity contribution in [2.45, 2.75) is 45.1 Å². The smallest absolute Gasteiger partial charge is 0.236 e. The molecule has 0 aliphatic carbocycles. The number of nitrogens with two attached hydrogens (primary N) is 2.